The van der Waals surface area contributed by atoms with Crippen LogP contribution in [-0.4, -0.2) is 36.6 Å². The Kier molecular flexibility index (Phi) is 3.82. The smallest absolute Gasteiger partial charge is 0.00964 e. The molecule has 82 valence electrons. The minimum atomic E-state index is 0.818. The molecule has 14 heavy (non-hydrogen) atoms. The van der Waals surface area contributed by atoms with E-state index in [-0.39, 0.29) is 0 Å². The van der Waals surface area contributed by atoms with Crippen LogP contribution in [0.1, 0.15) is 45.4 Å². The maximum atomic E-state index is 3.58. The Balaban J connectivity index is 1.72. The van der Waals surface area contributed by atoms with Gasteiger partial charge in [0.25, 0.3) is 0 Å². The normalized spacial score (nSPS) is 34.9. The number of likely N-dealkylation sites (tertiary alicyclic amines) is 1. The molecule has 1 saturated carbocycles. The van der Waals surface area contributed by atoms with E-state index >= 15 is 0 Å². The minimum absolute atomic E-state index is 0.818. The monoisotopic (exact) mass is 196 g/mol. The number of rotatable bonds is 3. The molecule has 0 unspecified atom stereocenters. The molecule has 0 aromatic heterocycles. The molecule has 1 aliphatic carbocycles. The second kappa shape index (κ2) is 5.13. The van der Waals surface area contributed by atoms with Crippen LogP contribution in [0.5, 0.6) is 0 Å². The van der Waals surface area contributed by atoms with E-state index in [4.69, 9.17) is 0 Å². The summed E-state index contributed by atoms with van der Waals surface area (Å²) in [5, 5.41) is 3.58. The van der Waals surface area contributed by atoms with Crippen LogP contribution in [0.3, 0.4) is 0 Å². The molecule has 0 radical (unpaired) electrons. The fourth-order valence-electron chi connectivity index (χ4n) is 3.04. The fraction of sp³-hybridized carbons (Fsp3) is 1.00. The van der Waals surface area contributed by atoms with Gasteiger partial charge in [-0.3, -0.25) is 0 Å². The summed E-state index contributed by atoms with van der Waals surface area (Å²) in [5.74, 6) is 0. The summed E-state index contributed by atoms with van der Waals surface area (Å²) in [7, 11) is 0. The highest BCUT2D eigenvalue weighted by Crippen LogP contribution is 2.25. The maximum Gasteiger partial charge on any atom is 0.00964 e. The predicted molar refractivity (Wildman–Crippen MR) is 60.5 cm³/mol. The molecule has 2 rings (SSSR count). The molecule has 2 nitrogen and oxygen atoms in total. The highest BCUT2D eigenvalue weighted by Gasteiger charge is 2.26. The molecule has 1 saturated heterocycles. The Morgan fingerprint density at radius 2 is 1.71 bits per heavy atom. The van der Waals surface area contributed by atoms with E-state index in [2.05, 4.69) is 17.1 Å². The minimum Gasteiger partial charge on any atom is -0.314 e. The van der Waals surface area contributed by atoms with Crippen molar-refractivity contribution in [1.82, 2.24) is 10.2 Å². The summed E-state index contributed by atoms with van der Waals surface area (Å²) < 4.78 is 0. The lowest BCUT2D eigenvalue weighted by Crippen LogP contribution is -2.41. The van der Waals surface area contributed by atoms with E-state index in [0.717, 1.165) is 18.6 Å². The zero-order valence-electron chi connectivity index (χ0n) is 9.47. The Morgan fingerprint density at radius 3 is 2.29 bits per heavy atom. The van der Waals surface area contributed by atoms with Crippen LogP contribution >= 0.6 is 0 Å². The van der Waals surface area contributed by atoms with Gasteiger partial charge in [-0.2, -0.15) is 0 Å². The SMILES string of the molecule is CCN[C@H]1CC[C@@H](N2CCCC2)CC1. The molecule has 2 aliphatic rings. The van der Waals surface area contributed by atoms with E-state index in [1.54, 1.807) is 0 Å². The Labute approximate surface area is 88.1 Å². The third kappa shape index (κ3) is 2.48. The first-order chi connectivity index (χ1) is 6.90. The number of nitrogens with zero attached hydrogens (tertiary/aromatic N) is 1. The van der Waals surface area contributed by atoms with Crippen LogP contribution in [0, 0.1) is 0 Å². The molecule has 0 aromatic rings. The first kappa shape index (κ1) is 10.4. The van der Waals surface area contributed by atoms with Gasteiger partial charge < -0.3 is 10.2 Å². The number of hydrogen-bond donors (Lipinski definition) is 1. The largest absolute Gasteiger partial charge is 0.314 e. The van der Waals surface area contributed by atoms with Gasteiger partial charge in [0.1, 0.15) is 0 Å². The van der Waals surface area contributed by atoms with Crippen LogP contribution in [-0.2, 0) is 0 Å². The summed E-state index contributed by atoms with van der Waals surface area (Å²) in [6.07, 6.45) is 8.53. The van der Waals surface area contributed by atoms with Gasteiger partial charge in [0.2, 0.25) is 0 Å². The van der Waals surface area contributed by atoms with Gasteiger partial charge in [-0.15, -0.1) is 0 Å². The van der Waals surface area contributed by atoms with Gasteiger partial charge in [0.15, 0.2) is 0 Å². The van der Waals surface area contributed by atoms with Crippen LogP contribution < -0.4 is 5.32 Å². The third-order valence-corrected chi connectivity index (χ3v) is 3.85. The van der Waals surface area contributed by atoms with Crippen molar-refractivity contribution in [2.75, 3.05) is 19.6 Å². The second-order valence-corrected chi connectivity index (χ2v) is 4.81. The van der Waals surface area contributed by atoms with Gasteiger partial charge >= 0.3 is 0 Å². The lowest BCUT2D eigenvalue weighted by molar-refractivity contribution is 0.174. The maximum absolute atomic E-state index is 3.58. The van der Waals surface area contributed by atoms with E-state index < -0.39 is 0 Å². The van der Waals surface area contributed by atoms with Gasteiger partial charge in [-0.05, 0) is 58.2 Å². The molecule has 1 aliphatic heterocycles. The van der Waals surface area contributed by atoms with Gasteiger partial charge in [-0.25, -0.2) is 0 Å². The number of hydrogen-bond acceptors (Lipinski definition) is 2. The molecule has 0 atom stereocenters. The van der Waals surface area contributed by atoms with Crippen molar-refractivity contribution in [3.8, 4) is 0 Å². The fourth-order valence-corrected chi connectivity index (χ4v) is 3.04. The molecule has 0 bridgehead atoms. The summed E-state index contributed by atoms with van der Waals surface area (Å²) in [5.41, 5.74) is 0. The van der Waals surface area contributed by atoms with Gasteiger partial charge in [0, 0.05) is 12.1 Å². The Bertz CT molecular complexity index is 156. The van der Waals surface area contributed by atoms with Crippen molar-refractivity contribution in [2.24, 2.45) is 0 Å². The lowest BCUT2D eigenvalue weighted by atomic mass is 9.90. The van der Waals surface area contributed by atoms with Crippen molar-refractivity contribution < 1.29 is 0 Å². The van der Waals surface area contributed by atoms with Gasteiger partial charge in [0.05, 0.1) is 0 Å². The van der Waals surface area contributed by atoms with E-state index in [1.165, 1.54) is 51.6 Å². The van der Waals surface area contributed by atoms with E-state index in [0.29, 0.717) is 0 Å². The highest BCUT2D eigenvalue weighted by molar-refractivity contribution is 4.84. The molecule has 0 spiro atoms. The lowest BCUT2D eigenvalue weighted by Gasteiger charge is -2.34. The summed E-state index contributed by atoms with van der Waals surface area (Å²) in [6, 6.07) is 1.74. The molecule has 0 aromatic carbocycles. The Hall–Kier alpha value is -0.0800. The molecule has 1 N–H and O–H groups in total. The first-order valence-electron chi connectivity index (χ1n) is 6.37. The topological polar surface area (TPSA) is 15.3 Å². The van der Waals surface area contributed by atoms with Crippen LogP contribution in [0.2, 0.25) is 0 Å². The van der Waals surface area contributed by atoms with E-state index in [1.807, 2.05) is 0 Å². The standard InChI is InChI=1S/C12H24N2/c1-2-13-11-5-7-12(8-6-11)14-9-3-4-10-14/h11-13H,2-10H2,1H3/t11-,12+. The van der Waals surface area contributed by atoms with Crippen molar-refractivity contribution in [3.05, 3.63) is 0 Å². The average Bonchev–Trinajstić information content (AvgIpc) is 2.72. The summed E-state index contributed by atoms with van der Waals surface area (Å²) in [6.45, 7) is 6.10. The van der Waals surface area contributed by atoms with Crippen molar-refractivity contribution in [2.45, 2.75) is 57.5 Å². The first-order valence-corrected chi connectivity index (χ1v) is 6.37. The van der Waals surface area contributed by atoms with Gasteiger partial charge in [-0.1, -0.05) is 6.92 Å². The second-order valence-electron chi connectivity index (χ2n) is 4.81. The van der Waals surface area contributed by atoms with Crippen LogP contribution in [0.15, 0.2) is 0 Å². The molecule has 1 heterocycles. The van der Waals surface area contributed by atoms with Crippen molar-refractivity contribution >= 4 is 0 Å². The summed E-state index contributed by atoms with van der Waals surface area (Å²) >= 11 is 0. The highest BCUT2D eigenvalue weighted by atomic mass is 15.2. The molecule has 2 fully saturated rings. The zero-order valence-corrected chi connectivity index (χ0v) is 9.47. The molecular formula is C12H24N2. The quantitative estimate of drug-likeness (QED) is 0.743. The van der Waals surface area contributed by atoms with Crippen molar-refractivity contribution in [3.63, 3.8) is 0 Å². The molecule has 0 amide bonds. The van der Waals surface area contributed by atoms with E-state index in [9.17, 15) is 0 Å². The molecule has 2 heteroatoms. The van der Waals surface area contributed by atoms with Crippen LogP contribution in [0.25, 0.3) is 0 Å². The average molecular weight is 196 g/mol. The van der Waals surface area contributed by atoms with Crippen molar-refractivity contribution in [1.29, 1.82) is 0 Å². The zero-order chi connectivity index (χ0) is 9.80. The predicted octanol–water partition coefficient (Wildman–Crippen LogP) is 2.00. The summed E-state index contributed by atoms with van der Waals surface area (Å²) in [4.78, 5) is 2.72. The van der Waals surface area contributed by atoms with Crippen LogP contribution in [0.4, 0.5) is 0 Å². The number of nitrogens with one attached hydrogen (secondary N) is 1. The Morgan fingerprint density at radius 1 is 1.07 bits per heavy atom. The molecular weight excluding hydrogens is 172 g/mol. The third-order valence-electron chi connectivity index (χ3n) is 3.85.